The summed E-state index contributed by atoms with van der Waals surface area (Å²) in [6.07, 6.45) is 1.57. The highest BCUT2D eigenvalue weighted by Gasteiger charge is 2.24. The number of benzene rings is 2. The molecule has 4 rings (SSSR count). The van der Waals surface area contributed by atoms with E-state index in [-0.39, 0.29) is 31.4 Å². The minimum atomic E-state index is -3.66. The van der Waals surface area contributed by atoms with E-state index in [4.69, 9.17) is 9.47 Å². The molecule has 0 atom stereocenters. The number of hydrogen-bond donors (Lipinski definition) is 0. The fourth-order valence-electron chi connectivity index (χ4n) is 4.10. The molecule has 2 aliphatic rings. The molecule has 1 fully saturated rings. The van der Waals surface area contributed by atoms with Crippen LogP contribution in [0.3, 0.4) is 0 Å². The van der Waals surface area contributed by atoms with Crippen LogP contribution in [0.2, 0.25) is 0 Å². The molecule has 1 amide bonds. The molecule has 33 heavy (non-hydrogen) atoms. The fourth-order valence-corrected chi connectivity index (χ4v) is 5.07. The Bertz CT molecular complexity index is 1100. The molecule has 0 N–H and O–H groups in total. The van der Waals surface area contributed by atoms with E-state index in [0.717, 1.165) is 47.3 Å². The van der Waals surface area contributed by atoms with Gasteiger partial charge in [0.25, 0.3) is 0 Å². The second kappa shape index (κ2) is 9.96. The molecule has 10 heteroatoms. The maximum atomic E-state index is 14.1. The summed E-state index contributed by atoms with van der Waals surface area (Å²) in [7, 11) is -3.66. The molecule has 2 heterocycles. The van der Waals surface area contributed by atoms with Crippen LogP contribution in [-0.2, 0) is 21.4 Å². The summed E-state index contributed by atoms with van der Waals surface area (Å²) in [5.41, 5.74) is 1.14. The van der Waals surface area contributed by atoms with Crippen LogP contribution in [-0.4, -0.2) is 69.9 Å². The van der Waals surface area contributed by atoms with Gasteiger partial charge in [-0.05, 0) is 36.2 Å². The molecule has 0 radical (unpaired) electrons. The van der Waals surface area contributed by atoms with E-state index in [9.17, 15) is 17.6 Å². The van der Waals surface area contributed by atoms with Gasteiger partial charge in [-0.1, -0.05) is 18.2 Å². The number of sulfonamides is 1. The van der Waals surface area contributed by atoms with E-state index in [0.29, 0.717) is 19.5 Å². The Morgan fingerprint density at radius 2 is 1.79 bits per heavy atom. The van der Waals surface area contributed by atoms with E-state index in [1.165, 1.54) is 18.2 Å². The van der Waals surface area contributed by atoms with Crippen molar-refractivity contribution in [3.8, 4) is 11.5 Å². The Hall–Kier alpha value is -2.85. The summed E-state index contributed by atoms with van der Waals surface area (Å²) in [6, 6.07) is 11.7. The molecule has 2 aliphatic heterocycles. The van der Waals surface area contributed by atoms with E-state index in [1.807, 2.05) is 23.1 Å². The average molecular weight is 478 g/mol. The number of carbonyl (C=O) groups excluding carboxylic acids is 1. The molecule has 0 saturated carbocycles. The van der Waals surface area contributed by atoms with Gasteiger partial charge in [0.2, 0.25) is 22.7 Å². The minimum Gasteiger partial charge on any atom is -0.454 e. The number of ether oxygens (including phenoxy) is 2. The third-order valence-electron chi connectivity index (χ3n) is 5.84. The van der Waals surface area contributed by atoms with Crippen LogP contribution in [0.5, 0.6) is 11.5 Å². The van der Waals surface area contributed by atoms with E-state index >= 15 is 0 Å². The number of rotatable bonds is 8. The van der Waals surface area contributed by atoms with Crippen molar-refractivity contribution in [2.75, 3.05) is 50.1 Å². The number of para-hydroxylation sites is 1. The van der Waals surface area contributed by atoms with Crippen molar-refractivity contribution in [3.05, 3.63) is 53.8 Å². The Balaban J connectivity index is 1.25. The van der Waals surface area contributed by atoms with Gasteiger partial charge in [-0.25, -0.2) is 12.8 Å². The molecule has 0 aromatic heterocycles. The lowest BCUT2D eigenvalue weighted by Gasteiger charge is -2.35. The van der Waals surface area contributed by atoms with Gasteiger partial charge in [0.1, 0.15) is 5.82 Å². The highest BCUT2D eigenvalue weighted by atomic mass is 32.2. The van der Waals surface area contributed by atoms with Crippen LogP contribution in [0.25, 0.3) is 0 Å². The fraction of sp³-hybridized carbons (Fsp3) is 0.435. The van der Waals surface area contributed by atoms with Crippen LogP contribution in [0.1, 0.15) is 18.4 Å². The first-order chi connectivity index (χ1) is 15.8. The Kier molecular flexibility index (Phi) is 7.04. The largest absolute Gasteiger partial charge is 0.454 e. The first-order valence-electron chi connectivity index (χ1n) is 10.9. The maximum Gasteiger partial charge on any atom is 0.232 e. The van der Waals surface area contributed by atoms with Crippen molar-refractivity contribution < 1.29 is 27.1 Å². The van der Waals surface area contributed by atoms with Crippen molar-refractivity contribution in [1.82, 2.24) is 9.80 Å². The summed E-state index contributed by atoms with van der Waals surface area (Å²) >= 11 is 0. The van der Waals surface area contributed by atoms with E-state index in [1.54, 1.807) is 6.07 Å². The van der Waals surface area contributed by atoms with Gasteiger partial charge in [0.15, 0.2) is 11.5 Å². The molecule has 0 spiro atoms. The molecule has 8 nitrogen and oxygen atoms in total. The highest BCUT2D eigenvalue weighted by molar-refractivity contribution is 7.92. The van der Waals surface area contributed by atoms with Crippen LogP contribution in [0.15, 0.2) is 42.5 Å². The topological polar surface area (TPSA) is 79.4 Å². The molecule has 178 valence electrons. The standard InChI is InChI=1S/C23H28FN3O5S/c1-33(29,30)27(20-6-3-2-5-19(20)24)10-4-7-23(28)26-13-11-25(12-14-26)16-18-8-9-21-22(15-18)32-17-31-21/h2-3,5-6,8-9,15H,4,7,10-14,16-17H2,1H3. The lowest BCUT2D eigenvalue weighted by molar-refractivity contribution is -0.133. The number of hydrogen-bond acceptors (Lipinski definition) is 6. The maximum absolute atomic E-state index is 14.1. The lowest BCUT2D eigenvalue weighted by atomic mass is 10.1. The first kappa shape index (κ1) is 23.3. The number of amides is 1. The first-order valence-corrected chi connectivity index (χ1v) is 12.8. The zero-order valence-electron chi connectivity index (χ0n) is 18.6. The van der Waals surface area contributed by atoms with Gasteiger partial charge in [-0.2, -0.15) is 0 Å². The van der Waals surface area contributed by atoms with Crippen LogP contribution in [0.4, 0.5) is 10.1 Å². The second-order valence-electron chi connectivity index (χ2n) is 8.23. The summed E-state index contributed by atoms with van der Waals surface area (Å²) in [6.45, 7) is 3.82. The number of fused-ring (bicyclic) bond motifs is 1. The molecular formula is C23H28FN3O5S. The van der Waals surface area contributed by atoms with Gasteiger partial charge in [0, 0.05) is 45.7 Å². The summed E-state index contributed by atoms with van der Waals surface area (Å²) < 4.78 is 50.2. The van der Waals surface area contributed by atoms with E-state index in [2.05, 4.69) is 4.90 Å². The predicted molar refractivity (Wildman–Crippen MR) is 122 cm³/mol. The Morgan fingerprint density at radius 1 is 1.06 bits per heavy atom. The molecule has 2 aromatic rings. The second-order valence-corrected chi connectivity index (χ2v) is 10.1. The molecule has 2 aromatic carbocycles. The third-order valence-corrected chi connectivity index (χ3v) is 7.02. The van der Waals surface area contributed by atoms with Gasteiger partial charge in [-0.15, -0.1) is 0 Å². The lowest BCUT2D eigenvalue weighted by Crippen LogP contribution is -2.48. The normalized spacial score (nSPS) is 16.1. The molecule has 0 unspecified atom stereocenters. The van der Waals surface area contributed by atoms with Gasteiger partial charge in [0.05, 0.1) is 11.9 Å². The molecule has 1 saturated heterocycles. The summed E-state index contributed by atoms with van der Waals surface area (Å²) in [4.78, 5) is 16.8. The number of anilines is 1. The van der Waals surface area contributed by atoms with E-state index < -0.39 is 15.8 Å². The number of piperazine rings is 1. The van der Waals surface area contributed by atoms with Crippen molar-refractivity contribution in [3.63, 3.8) is 0 Å². The molecule has 0 aliphatic carbocycles. The Morgan fingerprint density at radius 3 is 2.52 bits per heavy atom. The molecular weight excluding hydrogens is 449 g/mol. The highest BCUT2D eigenvalue weighted by Crippen LogP contribution is 2.33. The number of carbonyl (C=O) groups is 1. The number of nitrogens with zero attached hydrogens (tertiary/aromatic N) is 3. The SMILES string of the molecule is CS(=O)(=O)N(CCCC(=O)N1CCN(Cc2ccc3c(c2)OCO3)CC1)c1ccccc1F. The van der Waals surface area contributed by atoms with Crippen LogP contribution < -0.4 is 13.8 Å². The number of halogens is 1. The van der Waals surface area contributed by atoms with Crippen molar-refractivity contribution in [1.29, 1.82) is 0 Å². The predicted octanol–water partition coefficient (Wildman–Crippen LogP) is 2.45. The van der Waals surface area contributed by atoms with Gasteiger partial charge >= 0.3 is 0 Å². The smallest absolute Gasteiger partial charge is 0.232 e. The van der Waals surface area contributed by atoms with Crippen LogP contribution >= 0.6 is 0 Å². The van der Waals surface area contributed by atoms with Crippen molar-refractivity contribution in [2.45, 2.75) is 19.4 Å². The monoisotopic (exact) mass is 477 g/mol. The summed E-state index contributed by atoms with van der Waals surface area (Å²) in [5, 5.41) is 0. The van der Waals surface area contributed by atoms with Crippen molar-refractivity contribution >= 4 is 21.6 Å². The van der Waals surface area contributed by atoms with Crippen molar-refractivity contribution in [2.24, 2.45) is 0 Å². The summed E-state index contributed by atoms with van der Waals surface area (Å²) in [5.74, 6) is 0.908. The quantitative estimate of drug-likeness (QED) is 0.581. The molecule has 0 bridgehead atoms. The minimum absolute atomic E-state index is 0.00424. The Labute approximate surface area is 193 Å². The van der Waals surface area contributed by atoms with Gasteiger partial charge < -0.3 is 14.4 Å². The third kappa shape index (κ3) is 5.75. The van der Waals surface area contributed by atoms with Gasteiger partial charge in [-0.3, -0.25) is 14.0 Å². The average Bonchev–Trinajstić information content (AvgIpc) is 3.25. The zero-order chi connectivity index (χ0) is 23.4. The zero-order valence-corrected chi connectivity index (χ0v) is 19.4. The van der Waals surface area contributed by atoms with Crippen LogP contribution in [0, 0.1) is 5.82 Å².